The Morgan fingerprint density at radius 3 is 1.88 bits per heavy atom. The summed E-state index contributed by atoms with van der Waals surface area (Å²) in [7, 11) is 1.00. The van der Waals surface area contributed by atoms with E-state index in [4.69, 9.17) is 9.84 Å². The van der Waals surface area contributed by atoms with Gasteiger partial charge in [0.05, 0.1) is 13.2 Å². The van der Waals surface area contributed by atoms with Crippen molar-refractivity contribution in [2.45, 2.75) is 0 Å². The summed E-state index contributed by atoms with van der Waals surface area (Å²) in [6.07, 6.45) is 0. The van der Waals surface area contributed by atoms with E-state index >= 15 is 0 Å². The molecule has 3 nitrogen and oxygen atoms in total. The highest BCUT2D eigenvalue weighted by atomic mass is 16.5. The molecular weight excluding hydrogens is 106 g/mol. The van der Waals surface area contributed by atoms with Crippen LogP contribution in [0.15, 0.2) is 0 Å². The van der Waals surface area contributed by atoms with Gasteiger partial charge in [0.2, 0.25) is 0 Å². The number of morpholine rings is 1. The minimum Gasteiger partial charge on any atom is -0.400 e. The fraction of sp³-hybridized carbons (Fsp3) is 1.00. The van der Waals surface area contributed by atoms with Crippen LogP contribution in [0, 0.1) is 0 Å². The van der Waals surface area contributed by atoms with Crippen molar-refractivity contribution >= 4 is 0 Å². The smallest absolute Gasteiger partial charge is 0.0591 e. The van der Waals surface area contributed by atoms with Crippen LogP contribution in [0.3, 0.4) is 0 Å². The minimum atomic E-state index is 0.889. The van der Waals surface area contributed by atoms with E-state index in [9.17, 15) is 0 Å². The quantitative estimate of drug-likeness (QED) is 0.439. The van der Waals surface area contributed by atoms with E-state index < -0.39 is 0 Å². The number of ether oxygens (including phenoxy) is 1. The number of hydrogen-bond acceptors (Lipinski definition) is 3. The van der Waals surface area contributed by atoms with E-state index in [2.05, 4.69) is 5.32 Å². The third-order valence-electron chi connectivity index (χ3n) is 0.846. The first-order valence-corrected chi connectivity index (χ1v) is 2.73. The van der Waals surface area contributed by atoms with Gasteiger partial charge in [-0.2, -0.15) is 0 Å². The van der Waals surface area contributed by atoms with Crippen molar-refractivity contribution in [1.29, 1.82) is 0 Å². The van der Waals surface area contributed by atoms with Crippen LogP contribution in [0.5, 0.6) is 0 Å². The summed E-state index contributed by atoms with van der Waals surface area (Å²) in [6, 6.07) is 0. The number of aliphatic hydroxyl groups is 1. The van der Waals surface area contributed by atoms with Crippen molar-refractivity contribution in [2.75, 3.05) is 33.4 Å². The van der Waals surface area contributed by atoms with Gasteiger partial charge in [-0.25, -0.2) is 0 Å². The fourth-order valence-electron chi connectivity index (χ4n) is 0.516. The van der Waals surface area contributed by atoms with Gasteiger partial charge in [-0.1, -0.05) is 0 Å². The molecule has 3 heteroatoms. The van der Waals surface area contributed by atoms with E-state index in [0.29, 0.717) is 0 Å². The van der Waals surface area contributed by atoms with Crippen LogP contribution >= 0.6 is 0 Å². The van der Waals surface area contributed by atoms with Crippen LogP contribution in [0.4, 0.5) is 0 Å². The molecule has 0 amide bonds. The Kier molecular flexibility index (Phi) is 6.78. The predicted octanol–water partition coefficient (Wildman–Crippen LogP) is -0.785. The molecule has 0 aromatic heterocycles. The lowest BCUT2D eigenvalue weighted by Crippen LogP contribution is -2.30. The standard InChI is InChI=1S/C4H9NO.CH4O/c1-3-6-4-2-5-1;1-2/h5H,1-4H2;2H,1H3. The highest BCUT2D eigenvalue weighted by molar-refractivity contribution is 4.49. The molecule has 8 heavy (non-hydrogen) atoms. The van der Waals surface area contributed by atoms with Gasteiger partial charge in [0, 0.05) is 20.2 Å². The first-order chi connectivity index (χ1) is 4.00. The van der Waals surface area contributed by atoms with Gasteiger partial charge in [-0.3, -0.25) is 0 Å². The maximum absolute atomic E-state index is 7.00. The third-order valence-corrected chi connectivity index (χ3v) is 0.846. The third kappa shape index (κ3) is 4.05. The molecule has 0 bridgehead atoms. The summed E-state index contributed by atoms with van der Waals surface area (Å²) in [5, 5.41) is 10.2. The van der Waals surface area contributed by atoms with Gasteiger partial charge in [0.1, 0.15) is 0 Å². The minimum absolute atomic E-state index is 0.889. The maximum atomic E-state index is 7.00. The summed E-state index contributed by atoms with van der Waals surface area (Å²) in [6.45, 7) is 3.83. The molecule has 0 aromatic rings. The summed E-state index contributed by atoms with van der Waals surface area (Å²) in [5.41, 5.74) is 0. The first kappa shape index (κ1) is 7.88. The first-order valence-electron chi connectivity index (χ1n) is 2.73. The van der Waals surface area contributed by atoms with Crippen molar-refractivity contribution < 1.29 is 9.84 Å². The zero-order chi connectivity index (χ0) is 6.24. The Labute approximate surface area is 49.7 Å². The van der Waals surface area contributed by atoms with E-state index in [1.54, 1.807) is 0 Å². The van der Waals surface area contributed by atoms with Crippen molar-refractivity contribution in [3.05, 3.63) is 0 Å². The van der Waals surface area contributed by atoms with Crippen LogP contribution in [0.1, 0.15) is 0 Å². The molecule has 0 spiro atoms. The van der Waals surface area contributed by atoms with Gasteiger partial charge >= 0.3 is 0 Å². The molecule has 1 rings (SSSR count). The van der Waals surface area contributed by atoms with Crippen molar-refractivity contribution in [2.24, 2.45) is 0 Å². The molecule has 1 heterocycles. The van der Waals surface area contributed by atoms with Crippen LogP contribution in [-0.2, 0) is 4.74 Å². The average Bonchev–Trinajstić information content (AvgIpc) is 1.96. The van der Waals surface area contributed by atoms with Gasteiger partial charge in [-0.05, 0) is 0 Å². The molecule has 1 saturated heterocycles. The monoisotopic (exact) mass is 119 g/mol. The lowest BCUT2D eigenvalue weighted by Gasteiger charge is -2.10. The molecule has 1 fully saturated rings. The maximum Gasteiger partial charge on any atom is 0.0591 e. The highest BCUT2D eigenvalue weighted by Gasteiger charge is 1.92. The highest BCUT2D eigenvalue weighted by Crippen LogP contribution is 1.76. The number of nitrogens with one attached hydrogen (secondary N) is 1. The Morgan fingerprint density at radius 1 is 1.25 bits per heavy atom. The summed E-state index contributed by atoms with van der Waals surface area (Å²) < 4.78 is 5.01. The zero-order valence-electron chi connectivity index (χ0n) is 5.18. The van der Waals surface area contributed by atoms with E-state index in [0.717, 1.165) is 33.4 Å². The van der Waals surface area contributed by atoms with Gasteiger partial charge in [0.25, 0.3) is 0 Å². The van der Waals surface area contributed by atoms with Gasteiger partial charge in [0.15, 0.2) is 0 Å². The van der Waals surface area contributed by atoms with E-state index in [1.165, 1.54) is 0 Å². The van der Waals surface area contributed by atoms with Gasteiger partial charge < -0.3 is 15.2 Å². The molecule has 50 valence electrons. The molecule has 0 atom stereocenters. The lowest BCUT2D eigenvalue weighted by molar-refractivity contribution is 0.109. The normalized spacial score (nSPS) is 18.8. The zero-order valence-corrected chi connectivity index (χ0v) is 5.18. The van der Waals surface area contributed by atoms with Crippen LogP contribution in [0.2, 0.25) is 0 Å². The molecule has 1 aliphatic rings. The molecule has 1 aliphatic heterocycles. The Hall–Kier alpha value is -0.120. The lowest BCUT2D eigenvalue weighted by atomic mass is 10.5. The second-order valence-corrected chi connectivity index (χ2v) is 1.36. The second-order valence-electron chi connectivity index (χ2n) is 1.36. The van der Waals surface area contributed by atoms with Crippen LogP contribution in [0.25, 0.3) is 0 Å². The van der Waals surface area contributed by atoms with Gasteiger partial charge in [-0.15, -0.1) is 0 Å². The summed E-state index contributed by atoms with van der Waals surface area (Å²) in [4.78, 5) is 0. The Balaban J connectivity index is 0.000000222. The topological polar surface area (TPSA) is 41.5 Å². The second kappa shape index (κ2) is 6.88. The Bertz CT molecular complexity index is 25.9. The molecule has 2 N–H and O–H groups in total. The van der Waals surface area contributed by atoms with E-state index in [1.807, 2.05) is 0 Å². The van der Waals surface area contributed by atoms with E-state index in [-0.39, 0.29) is 0 Å². The summed E-state index contributed by atoms with van der Waals surface area (Å²) in [5.74, 6) is 0. The SMILES string of the molecule is C1COCCN1.CO. The van der Waals surface area contributed by atoms with Crippen molar-refractivity contribution in [1.82, 2.24) is 5.32 Å². The summed E-state index contributed by atoms with van der Waals surface area (Å²) >= 11 is 0. The molecule has 0 aliphatic carbocycles. The number of aliphatic hydroxyl groups excluding tert-OH is 1. The Morgan fingerprint density at radius 2 is 1.75 bits per heavy atom. The molecule has 0 saturated carbocycles. The molecule has 0 unspecified atom stereocenters. The fourth-order valence-corrected chi connectivity index (χ4v) is 0.516. The average molecular weight is 119 g/mol. The molecule has 0 radical (unpaired) electrons. The van der Waals surface area contributed by atoms with Crippen LogP contribution in [-0.4, -0.2) is 38.5 Å². The van der Waals surface area contributed by atoms with Crippen LogP contribution < -0.4 is 5.32 Å². The number of hydrogen-bond donors (Lipinski definition) is 2. The molecule has 0 aromatic carbocycles. The largest absolute Gasteiger partial charge is 0.400 e. The van der Waals surface area contributed by atoms with Crippen molar-refractivity contribution in [3.8, 4) is 0 Å². The van der Waals surface area contributed by atoms with Crippen molar-refractivity contribution in [3.63, 3.8) is 0 Å². The molecular formula is C5H13NO2. The predicted molar refractivity (Wildman–Crippen MR) is 31.8 cm³/mol. The number of rotatable bonds is 0.